The van der Waals surface area contributed by atoms with Gasteiger partial charge >= 0.3 is 0 Å². The van der Waals surface area contributed by atoms with Crippen molar-refractivity contribution in [2.24, 2.45) is 0 Å². The lowest BCUT2D eigenvalue weighted by atomic mass is 10.2. The summed E-state index contributed by atoms with van der Waals surface area (Å²) in [5.41, 5.74) is 0.827. The number of benzene rings is 1. The molecule has 2 rings (SSSR count). The summed E-state index contributed by atoms with van der Waals surface area (Å²) in [4.78, 5) is 4.31. The van der Waals surface area contributed by atoms with E-state index in [2.05, 4.69) is 17.1 Å². The molecule has 96 valence electrons. The standard InChI is InChI=1S/C13H15ClN2O2/c1-3-5-11(14)12-15-13(18-16-12)9-6-4-7-10(8-9)17-2/h4,6-8,11H,3,5H2,1-2H3. The number of hydrogen-bond donors (Lipinski definition) is 0. The molecule has 0 aliphatic carbocycles. The van der Waals surface area contributed by atoms with E-state index in [-0.39, 0.29) is 5.38 Å². The van der Waals surface area contributed by atoms with Crippen LogP contribution in [0.5, 0.6) is 5.75 Å². The highest BCUT2D eigenvalue weighted by Gasteiger charge is 2.16. The molecule has 0 saturated heterocycles. The summed E-state index contributed by atoms with van der Waals surface area (Å²) >= 11 is 6.16. The average molecular weight is 267 g/mol. The van der Waals surface area contributed by atoms with Crippen molar-refractivity contribution in [2.45, 2.75) is 25.1 Å². The van der Waals surface area contributed by atoms with E-state index in [0.29, 0.717) is 11.7 Å². The quantitative estimate of drug-likeness (QED) is 0.772. The van der Waals surface area contributed by atoms with Crippen LogP contribution in [0.4, 0.5) is 0 Å². The van der Waals surface area contributed by atoms with E-state index in [4.69, 9.17) is 20.9 Å². The third-order valence-corrected chi connectivity index (χ3v) is 2.99. The minimum Gasteiger partial charge on any atom is -0.497 e. The molecular weight excluding hydrogens is 252 g/mol. The molecule has 1 aromatic heterocycles. The highest BCUT2D eigenvalue weighted by Crippen LogP contribution is 2.27. The summed E-state index contributed by atoms with van der Waals surface area (Å²) in [6.07, 6.45) is 1.82. The first kappa shape index (κ1) is 12.9. The zero-order valence-corrected chi connectivity index (χ0v) is 11.1. The van der Waals surface area contributed by atoms with Crippen molar-refractivity contribution in [3.8, 4) is 17.2 Å². The van der Waals surface area contributed by atoms with Crippen LogP contribution in [0, 0.1) is 0 Å². The molecular formula is C13H15ClN2O2. The Balaban J connectivity index is 2.23. The lowest BCUT2D eigenvalue weighted by molar-refractivity contribution is 0.411. The van der Waals surface area contributed by atoms with Crippen molar-refractivity contribution >= 4 is 11.6 Å². The van der Waals surface area contributed by atoms with Gasteiger partial charge in [-0.25, -0.2) is 0 Å². The first-order chi connectivity index (χ1) is 8.74. The largest absolute Gasteiger partial charge is 0.497 e. The number of nitrogens with zero attached hydrogens (tertiary/aromatic N) is 2. The molecule has 18 heavy (non-hydrogen) atoms. The third kappa shape index (κ3) is 2.82. The van der Waals surface area contributed by atoms with E-state index in [9.17, 15) is 0 Å². The maximum absolute atomic E-state index is 6.16. The van der Waals surface area contributed by atoms with Gasteiger partial charge in [-0.2, -0.15) is 4.98 Å². The molecule has 1 heterocycles. The van der Waals surface area contributed by atoms with Crippen molar-refractivity contribution in [1.29, 1.82) is 0 Å². The molecule has 5 heteroatoms. The lowest BCUT2D eigenvalue weighted by Gasteiger charge is -2.00. The van der Waals surface area contributed by atoms with E-state index >= 15 is 0 Å². The van der Waals surface area contributed by atoms with Crippen LogP contribution in [-0.2, 0) is 0 Å². The van der Waals surface area contributed by atoms with Crippen molar-refractivity contribution in [2.75, 3.05) is 7.11 Å². The van der Waals surface area contributed by atoms with E-state index in [0.717, 1.165) is 24.2 Å². The van der Waals surface area contributed by atoms with Crippen molar-refractivity contribution < 1.29 is 9.26 Å². The molecule has 0 N–H and O–H groups in total. The molecule has 1 atom stereocenters. The smallest absolute Gasteiger partial charge is 0.258 e. The fourth-order valence-electron chi connectivity index (χ4n) is 1.62. The van der Waals surface area contributed by atoms with E-state index in [1.807, 2.05) is 24.3 Å². The molecule has 0 amide bonds. The Kier molecular flexibility index (Phi) is 4.20. The van der Waals surface area contributed by atoms with Gasteiger partial charge in [0.15, 0.2) is 5.82 Å². The molecule has 0 fully saturated rings. The Morgan fingerprint density at radius 2 is 2.28 bits per heavy atom. The number of ether oxygens (including phenoxy) is 1. The molecule has 1 unspecified atom stereocenters. The summed E-state index contributed by atoms with van der Waals surface area (Å²) in [6, 6.07) is 7.48. The van der Waals surface area contributed by atoms with Gasteiger partial charge in [-0.05, 0) is 24.6 Å². The van der Waals surface area contributed by atoms with Crippen LogP contribution in [0.3, 0.4) is 0 Å². The number of aromatic nitrogens is 2. The molecule has 0 aliphatic heterocycles. The normalized spacial score (nSPS) is 12.4. The summed E-state index contributed by atoms with van der Waals surface area (Å²) in [7, 11) is 1.62. The summed E-state index contributed by atoms with van der Waals surface area (Å²) in [5, 5.41) is 3.71. The first-order valence-electron chi connectivity index (χ1n) is 5.86. The van der Waals surface area contributed by atoms with Crippen LogP contribution in [0.25, 0.3) is 11.5 Å². The molecule has 0 radical (unpaired) electrons. The van der Waals surface area contributed by atoms with Crippen LogP contribution >= 0.6 is 11.6 Å². The molecule has 2 aromatic rings. The van der Waals surface area contributed by atoms with Gasteiger partial charge in [0.1, 0.15) is 5.75 Å². The zero-order chi connectivity index (χ0) is 13.0. The molecule has 4 nitrogen and oxygen atoms in total. The number of halogens is 1. The Labute approximate surface area is 111 Å². The Bertz CT molecular complexity index is 513. The zero-order valence-electron chi connectivity index (χ0n) is 10.4. The van der Waals surface area contributed by atoms with Gasteiger partial charge in [0.2, 0.25) is 0 Å². The summed E-state index contributed by atoms with van der Waals surface area (Å²) < 4.78 is 10.4. The minimum atomic E-state index is -0.196. The molecule has 0 spiro atoms. The van der Waals surface area contributed by atoms with Crippen molar-refractivity contribution in [1.82, 2.24) is 10.1 Å². The number of methoxy groups -OCH3 is 1. The summed E-state index contributed by atoms with van der Waals surface area (Å²) in [5.74, 6) is 1.75. The number of alkyl halides is 1. The van der Waals surface area contributed by atoms with Gasteiger partial charge < -0.3 is 9.26 Å². The maximum Gasteiger partial charge on any atom is 0.258 e. The van der Waals surface area contributed by atoms with E-state index in [1.165, 1.54) is 0 Å². The monoisotopic (exact) mass is 266 g/mol. The number of hydrogen-bond acceptors (Lipinski definition) is 4. The van der Waals surface area contributed by atoms with Crippen LogP contribution in [-0.4, -0.2) is 17.3 Å². The van der Waals surface area contributed by atoms with Gasteiger partial charge in [0.05, 0.1) is 12.5 Å². The highest BCUT2D eigenvalue weighted by molar-refractivity contribution is 6.20. The fourth-order valence-corrected chi connectivity index (χ4v) is 1.92. The van der Waals surface area contributed by atoms with E-state index in [1.54, 1.807) is 7.11 Å². The third-order valence-electron chi connectivity index (χ3n) is 2.58. The van der Waals surface area contributed by atoms with E-state index < -0.39 is 0 Å². The van der Waals surface area contributed by atoms with Crippen molar-refractivity contribution in [3.63, 3.8) is 0 Å². The number of rotatable bonds is 5. The fraction of sp³-hybridized carbons (Fsp3) is 0.385. The SMILES string of the molecule is CCCC(Cl)c1noc(-c2cccc(OC)c2)n1. The van der Waals surface area contributed by atoms with Crippen LogP contribution < -0.4 is 4.74 Å². The Morgan fingerprint density at radius 3 is 3.00 bits per heavy atom. The van der Waals surface area contributed by atoms with Crippen LogP contribution in [0.15, 0.2) is 28.8 Å². The summed E-state index contributed by atoms with van der Waals surface area (Å²) in [6.45, 7) is 2.07. The van der Waals surface area contributed by atoms with Crippen LogP contribution in [0.2, 0.25) is 0 Å². The van der Waals surface area contributed by atoms with Gasteiger partial charge in [-0.15, -0.1) is 11.6 Å². The van der Waals surface area contributed by atoms with Crippen LogP contribution in [0.1, 0.15) is 31.0 Å². The van der Waals surface area contributed by atoms with Gasteiger partial charge in [0, 0.05) is 5.56 Å². The highest BCUT2D eigenvalue weighted by atomic mass is 35.5. The Hall–Kier alpha value is -1.55. The van der Waals surface area contributed by atoms with Gasteiger partial charge in [-0.1, -0.05) is 24.6 Å². The second-order valence-electron chi connectivity index (χ2n) is 3.95. The predicted octanol–water partition coefficient (Wildman–Crippen LogP) is 3.83. The average Bonchev–Trinajstić information content (AvgIpc) is 2.89. The molecule has 1 aromatic carbocycles. The van der Waals surface area contributed by atoms with Gasteiger partial charge in [-0.3, -0.25) is 0 Å². The second-order valence-corrected chi connectivity index (χ2v) is 4.47. The van der Waals surface area contributed by atoms with Crippen molar-refractivity contribution in [3.05, 3.63) is 30.1 Å². The topological polar surface area (TPSA) is 48.2 Å². The lowest BCUT2D eigenvalue weighted by Crippen LogP contribution is -1.92. The molecule has 0 bridgehead atoms. The minimum absolute atomic E-state index is 0.196. The maximum atomic E-state index is 6.16. The second kappa shape index (κ2) is 5.87. The molecule has 0 saturated carbocycles. The molecule has 0 aliphatic rings. The Morgan fingerprint density at radius 1 is 1.44 bits per heavy atom. The first-order valence-corrected chi connectivity index (χ1v) is 6.30. The predicted molar refractivity (Wildman–Crippen MR) is 69.8 cm³/mol. The van der Waals surface area contributed by atoms with Gasteiger partial charge in [0.25, 0.3) is 5.89 Å².